The Bertz CT molecular complexity index is 1160. The Morgan fingerprint density at radius 1 is 1.13 bits per heavy atom. The van der Waals surface area contributed by atoms with Crippen molar-refractivity contribution in [3.05, 3.63) is 78.1 Å². The van der Waals surface area contributed by atoms with Gasteiger partial charge in [0.2, 0.25) is 0 Å². The number of pyridine rings is 1. The Morgan fingerprint density at radius 3 is 2.73 bits per heavy atom. The molecular formula is C23H21N3O2S2. The van der Waals surface area contributed by atoms with Crippen molar-refractivity contribution in [2.75, 3.05) is 17.8 Å². The number of thioether (sulfide) groups is 1. The van der Waals surface area contributed by atoms with E-state index in [1.54, 1.807) is 30.0 Å². The molecule has 0 atom stereocenters. The number of amides is 1. The van der Waals surface area contributed by atoms with Crippen LogP contribution in [-0.4, -0.2) is 28.7 Å². The van der Waals surface area contributed by atoms with Crippen LogP contribution in [0.2, 0.25) is 0 Å². The second-order valence-corrected chi connectivity index (χ2v) is 8.79. The van der Waals surface area contributed by atoms with Crippen molar-refractivity contribution in [2.24, 2.45) is 0 Å². The third-order valence-electron chi connectivity index (χ3n) is 4.52. The molecule has 0 unspecified atom stereocenters. The number of rotatable bonds is 7. The number of nitrogens with zero attached hydrogens (tertiary/aromatic N) is 3. The van der Waals surface area contributed by atoms with Crippen LogP contribution >= 0.6 is 23.1 Å². The third-order valence-corrected chi connectivity index (χ3v) is 6.54. The monoisotopic (exact) mass is 435 g/mol. The largest absolute Gasteiger partial charge is 0.497 e. The minimum atomic E-state index is -0.0803. The van der Waals surface area contributed by atoms with E-state index in [1.165, 1.54) is 11.3 Å². The van der Waals surface area contributed by atoms with Gasteiger partial charge in [0.15, 0.2) is 5.13 Å². The molecule has 2 aromatic heterocycles. The Hall–Kier alpha value is -2.90. The minimum absolute atomic E-state index is 0.0803. The fourth-order valence-corrected chi connectivity index (χ4v) is 4.83. The lowest BCUT2D eigenvalue weighted by atomic mass is 10.2. The first-order chi connectivity index (χ1) is 14.7. The first kappa shape index (κ1) is 20.4. The number of methoxy groups -OCH3 is 1. The van der Waals surface area contributed by atoms with Gasteiger partial charge in [-0.2, -0.15) is 0 Å². The van der Waals surface area contributed by atoms with E-state index in [9.17, 15) is 4.79 Å². The third kappa shape index (κ3) is 4.32. The summed E-state index contributed by atoms with van der Waals surface area (Å²) in [6.45, 7) is 2.43. The molecule has 5 nitrogen and oxygen atoms in total. The summed E-state index contributed by atoms with van der Waals surface area (Å²) >= 11 is 3.15. The van der Waals surface area contributed by atoms with Gasteiger partial charge < -0.3 is 4.74 Å². The Labute approximate surface area is 183 Å². The van der Waals surface area contributed by atoms with Crippen LogP contribution in [0.3, 0.4) is 0 Å². The lowest BCUT2D eigenvalue weighted by Crippen LogP contribution is -2.31. The molecule has 152 valence electrons. The maximum Gasteiger partial charge on any atom is 0.261 e. The fraction of sp³-hybridized carbons (Fsp3) is 0.174. The van der Waals surface area contributed by atoms with Gasteiger partial charge in [-0.05, 0) is 42.2 Å². The molecule has 0 saturated heterocycles. The van der Waals surface area contributed by atoms with Crippen LogP contribution in [0, 0.1) is 0 Å². The number of carbonyl (C=O) groups excluding carboxylic acids is 1. The topological polar surface area (TPSA) is 55.3 Å². The van der Waals surface area contributed by atoms with Gasteiger partial charge in [-0.25, -0.2) is 4.98 Å². The normalized spacial score (nSPS) is 10.9. The summed E-state index contributed by atoms with van der Waals surface area (Å²) in [7, 11) is 1.63. The molecule has 0 fully saturated rings. The van der Waals surface area contributed by atoms with Gasteiger partial charge in [0.25, 0.3) is 5.91 Å². The van der Waals surface area contributed by atoms with E-state index in [-0.39, 0.29) is 5.91 Å². The van der Waals surface area contributed by atoms with Crippen LogP contribution in [0.4, 0.5) is 5.13 Å². The lowest BCUT2D eigenvalue weighted by Gasteiger charge is -2.21. The highest BCUT2D eigenvalue weighted by atomic mass is 32.2. The van der Waals surface area contributed by atoms with Gasteiger partial charge in [-0.1, -0.05) is 36.5 Å². The quantitative estimate of drug-likeness (QED) is 0.351. The fourth-order valence-electron chi connectivity index (χ4n) is 3.09. The van der Waals surface area contributed by atoms with Gasteiger partial charge in [0.1, 0.15) is 5.75 Å². The molecule has 0 aliphatic rings. The summed E-state index contributed by atoms with van der Waals surface area (Å²) < 4.78 is 6.32. The molecule has 1 amide bonds. The SMILES string of the molecule is CCSc1ccccc1C(=O)N(Cc1ccccn1)c1nc2cc(OC)ccc2s1. The van der Waals surface area contributed by atoms with Crippen molar-refractivity contribution in [3.8, 4) is 5.75 Å². The van der Waals surface area contributed by atoms with Crippen molar-refractivity contribution >= 4 is 44.4 Å². The molecule has 2 aromatic carbocycles. The van der Waals surface area contributed by atoms with E-state index >= 15 is 0 Å². The zero-order valence-corrected chi connectivity index (χ0v) is 18.4. The highest BCUT2D eigenvalue weighted by Crippen LogP contribution is 2.33. The average molecular weight is 436 g/mol. The summed E-state index contributed by atoms with van der Waals surface area (Å²) in [5.74, 6) is 1.56. The predicted octanol–water partition coefficient (Wildman–Crippen LogP) is 5.66. The molecule has 0 aliphatic heterocycles. The number of hydrogen-bond acceptors (Lipinski definition) is 6. The van der Waals surface area contributed by atoms with Gasteiger partial charge in [0, 0.05) is 17.2 Å². The summed E-state index contributed by atoms with van der Waals surface area (Å²) in [4.78, 5) is 25.5. The molecule has 0 spiro atoms. The van der Waals surface area contributed by atoms with Crippen LogP contribution < -0.4 is 9.64 Å². The van der Waals surface area contributed by atoms with Crippen molar-refractivity contribution in [1.29, 1.82) is 0 Å². The van der Waals surface area contributed by atoms with Crippen LogP contribution in [0.5, 0.6) is 5.75 Å². The standard InChI is InChI=1S/C23H21N3O2S2/c1-3-29-20-10-5-4-9-18(20)22(27)26(15-16-8-6-7-13-24-16)23-25-19-14-17(28-2)11-12-21(19)30-23/h4-14H,3,15H2,1-2H3. The Morgan fingerprint density at radius 2 is 1.97 bits per heavy atom. The van der Waals surface area contributed by atoms with E-state index in [0.717, 1.165) is 32.3 Å². The van der Waals surface area contributed by atoms with Crippen molar-refractivity contribution in [2.45, 2.75) is 18.4 Å². The maximum atomic E-state index is 13.7. The summed E-state index contributed by atoms with van der Waals surface area (Å²) in [5, 5.41) is 0.644. The van der Waals surface area contributed by atoms with E-state index in [1.807, 2.05) is 60.7 Å². The van der Waals surface area contributed by atoms with Crippen LogP contribution in [0.25, 0.3) is 10.2 Å². The van der Waals surface area contributed by atoms with Gasteiger partial charge in [-0.15, -0.1) is 11.8 Å². The Kier molecular flexibility index (Phi) is 6.30. The van der Waals surface area contributed by atoms with Crippen molar-refractivity contribution < 1.29 is 9.53 Å². The first-order valence-corrected chi connectivity index (χ1v) is 11.4. The number of benzene rings is 2. The molecule has 0 saturated carbocycles. The van der Waals surface area contributed by atoms with E-state index in [4.69, 9.17) is 9.72 Å². The van der Waals surface area contributed by atoms with Gasteiger partial charge in [0.05, 0.1) is 35.1 Å². The molecule has 4 aromatic rings. The second-order valence-electron chi connectivity index (χ2n) is 6.47. The molecule has 0 bridgehead atoms. The molecule has 0 aliphatic carbocycles. The van der Waals surface area contributed by atoms with Crippen LogP contribution in [0.1, 0.15) is 23.0 Å². The van der Waals surface area contributed by atoms with Gasteiger partial charge in [-0.3, -0.25) is 14.7 Å². The van der Waals surface area contributed by atoms with E-state index < -0.39 is 0 Å². The lowest BCUT2D eigenvalue weighted by molar-refractivity contribution is 0.0982. The van der Waals surface area contributed by atoms with Crippen LogP contribution in [-0.2, 0) is 6.54 Å². The summed E-state index contributed by atoms with van der Waals surface area (Å²) in [6.07, 6.45) is 1.74. The highest BCUT2D eigenvalue weighted by molar-refractivity contribution is 7.99. The van der Waals surface area contributed by atoms with Crippen LogP contribution in [0.15, 0.2) is 71.8 Å². The molecular weight excluding hydrogens is 414 g/mol. The molecule has 30 heavy (non-hydrogen) atoms. The highest BCUT2D eigenvalue weighted by Gasteiger charge is 2.24. The molecule has 0 N–H and O–H groups in total. The number of ether oxygens (including phenoxy) is 1. The summed E-state index contributed by atoms with van der Waals surface area (Å²) in [5.41, 5.74) is 2.30. The molecule has 2 heterocycles. The minimum Gasteiger partial charge on any atom is -0.497 e. The number of carbonyl (C=O) groups is 1. The van der Waals surface area contributed by atoms with E-state index in [2.05, 4.69) is 11.9 Å². The predicted molar refractivity (Wildman–Crippen MR) is 124 cm³/mol. The van der Waals surface area contributed by atoms with Crippen molar-refractivity contribution in [3.63, 3.8) is 0 Å². The number of thiazole rings is 1. The zero-order valence-electron chi connectivity index (χ0n) is 16.7. The zero-order chi connectivity index (χ0) is 20.9. The number of anilines is 1. The average Bonchev–Trinajstić information content (AvgIpc) is 3.21. The first-order valence-electron chi connectivity index (χ1n) is 9.57. The second kappa shape index (κ2) is 9.28. The molecule has 0 radical (unpaired) electrons. The molecule has 7 heteroatoms. The number of aromatic nitrogens is 2. The summed E-state index contributed by atoms with van der Waals surface area (Å²) in [6, 6.07) is 19.2. The van der Waals surface area contributed by atoms with E-state index in [0.29, 0.717) is 17.2 Å². The number of fused-ring (bicyclic) bond motifs is 1. The Balaban J connectivity index is 1.78. The van der Waals surface area contributed by atoms with Crippen molar-refractivity contribution in [1.82, 2.24) is 9.97 Å². The maximum absolute atomic E-state index is 13.7. The molecule has 4 rings (SSSR count). The number of hydrogen-bond donors (Lipinski definition) is 0. The van der Waals surface area contributed by atoms with Gasteiger partial charge >= 0.3 is 0 Å². The smallest absolute Gasteiger partial charge is 0.261 e.